The number of benzene rings is 2. The number of carbonyl (C=O) groups excluding carboxylic acids is 1. The van der Waals surface area contributed by atoms with Crippen LogP contribution in [0.4, 0.5) is 11.4 Å². The minimum Gasteiger partial charge on any atom is -0.372 e. The Morgan fingerprint density at radius 1 is 1.20 bits per heavy atom. The lowest BCUT2D eigenvalue weighted by Gasteiger charge is -2.17. The summed E-state index contributed by atoms with van der Waals surface area (Å²) >= 11 is 0. The van der Waals surface area contributed by atoms with E-state index in [4.69, 9.17) is 0 Å². The second-order valence-corrected chi connectivity index (χ2v) is 6.08. The van der Waals surface area contributed by atoms with Crippen molar-refractivity contribution in [2.24, 2.45) is 0 Å². The van der Waals surface area contributed by atoms with E-state index in [1.807, 2.05) is 30.3 Å². The average Bonchev–Trinajstić information content (AvgIpc) is 2.62. The van der Waals surface area contributed by atoms with Crippen LogP contribution in [0.1, 0.15) is 35.2 Å². The van der Waals surface area contributed by atoms with Crippen molar-refractivity contribution < 1.29 is 9.72 Å². The number of hydrogen-bond donors (Lipinski definition) is 1. The van der Waals surface area contributed by atoms with Crippen LogP contribution in [0.3, 0.4) is 0 Å². The fourth-order valence-corrected chi connectivity index (χ4v) is 2.73. The maximum atomic E-state index is 12.4. The number of hydrogen-bond acceptors (Lipinski definition) is 4. The number of nitrogens with zero attached hydrogens (tertiary/aromatic N) is 2. The van der Waals surface area contributed by atoms with Gasteiger partial charge >= 0.3 is 0 Å². The van der Waals surface area contributed by atoms with Crippen LogP contribution >= 0.6 is 0 Å². The fraction of sp³-hybridized carbons (Fsp3) is 0.316. The average molecular weight is 341 g/mol. The van der Waals surface area contributed by atoms with Gasteiger partial charge in [-0.25, -0.2) is 0 Å². The SMILES string of the molecule is CCC(CNC(=O)c1ccc(N(C)C)c([N+](=O)[O-])c1)c1ccccc1. The summed E-state index contributed by atoms with van der Waals surface area (Å²) in [7, 11) is 3.46. The Bertz CT molecular complexity index is 745. The highest BCUT2D eigenvalue weighted by molar-refractivity contribution is 5.95. The van der Waals surface area contributed by atoms with E-state index in [1.165, 1.54) is 11.6 Å². The lowest BCUT2D eigenvalue weighted by molar-refractivity contribution is -0.384. The fourth-order valence-electron chi connectivity index (χ4n) is 2.73. The molecule has 0 aromatic heterocycles. The molecule has 2 aromatic carbocycles. The molecule has 0 saturated carbocycles. The Kier molecular flexibility index (Phi) is 6.11. The summed E-state index contributed by atoms with van der Waals surface area (Å²) in [6.07, 6.45) is 0.893. The van der Waals surface area contributed by atoms with Crippen molar-refractivity contribution in [1.82, 2.24) is 5.32 Å². The summed E-state index contributed by atoms with van der Waals surface area (Å²) in [6.45, 7) is 2.56. The molecule has 1 N–H and O–H groups in total. The van der Waals surface area contributed by atoms with Gasteiger partial charge in [-0.2, -0.15) is 0 Å². The predicted octanol–water partition coefficient (Wildman–Crippen LogP) is 3.58. The molecule has 1 amide bonds. The summed E-state index contributed by atoms with van der Waals surface area (Å²) in [5, 5.41) is 14.1. The molecule has 25 heavy (non-hydrogen) atoms. The van der Waals surface area contributed by atoms with Gasteiger partial charge in [0.05, 0.1) is 4.92 Å². The van der Waals surface area contributed by atoms with E-state index in [0.717, 1.165) is 6.42 Å². The third-order valence-corrected chi connectivity index (χ3v) is 4.19. The molecule has 2 aromatic rings. The molecule has 6 nitrogen and oxygen atoms in total. The molecular formula is C19H23N3O3. The lowest BCUT2D eigenvalue weighted by Crippen LogP contribution is -2.28. The molecule has 132 valence electrons. The molecule has 0 saturated heterocycles. The van der Waals surface area contributed by atoms with Crippen LogP contribution in [0, 0.1) is 10.1 Å². The van der Waals surface area contributed by atoms with Gasteiger partial charge in [0.15, 0.2) is 0 Å². The van der Waals surface area contributed by atoms with Crippen molar-refractivity contribution in [3.8, 4) is 0 Å². The van der Waals surface area contributed by atoms with E-state index in [1.54, 1.807) is 31.1 Å². The zero-order valence-corrected chi connectivity index (χ0v) is 14.7. The molecule has 0 fully saturated rings. The number of nitrogens with one attached hydrogen (secondary N) is 1. The van der Waals surface area contributed by atoms with Crippen LogP contribution in [0.15, 0.2) is 48.5 Å². The lowest BCUT2D eigenvalue weighted by atomic mass is 9.96. The van der Waals surface area contributed by atoms with E-state index >= 15 is 0 Å². The third-order valence-electron chi connectivity index (χ3n) is 4.19. The van der Waals surface area contributed by atoms with Crippen LogP contribution in [0.5, 0.6) is 0 Å². The van der Waals surface area contributed by atoms with E-state index in [0.29, 0.717) is 17.8 Å². The molecule has 0 aliphatic rings. The zero-order valence-electron chi connectivity index (χ0n) is 14.7. The first-order valence-electron chi connectivity index (χ1n) is 8.23. The van der Waals surface area contributed by atoms with Crippen molar-refractivity contribution in [3.05, 3.63) is 69.8 Å². The number of carbonyl (C=O) groups is 1. The van der Waals surface area contributed by atoms with Crippen molar-refractivity contribution in [2.75, 3.05) is 25.5 Å². The smallest absolute Gasteiger partial charge is 0.293 e. The highest BCUT2D eigenvalue weighted by Crippen LogP contribution is 2.27. The maximum Gasteiger partial charge on any atom is 0.293 e. The molecule has 1 atom stereocenters. The van der Waals surface area contributed by atoms with Gasteiger partial charge in [-0.3, -0.25) is 14.9 Å². The molecule has 0 radical (unpaired) electrons. The van der Waals surface area contributed by atoms with Crippen molar-refractivity contribution >= 4 is 17.3 Å². The molecule has 6 heteroatoms. The molecule has 2 rings (SSSR count). The minimum atomic E-state index is -0.467. The Hall–Kier alpha value is -2.89. The van der Waals surface area contributed by atoms with Crippen LogP contribution in [0.2, 0.25) is 0 Å². The molecule has 1 unspecified atom stereocenters. The van der Waals surface area contributed by atoms with E-state index in [-0.39, 0.29) is 17.5 Å². The van der Waals surface area contributed by atoms with Crippen LogP contribution in [-0.4, -0.2) is 31.5 Å². The highest BCUT2D eigenvalue weighted by Gasteiger charge is 2.19. The molecule has 0 heterocycles. The standard InChI is InChI=1S/C19H23N3O3/c1-4-14(15-8-6-5-7-9-15)13-20-19(23)16-10-11-17(21(2)3)18(12-16)22(24)25/h5-12,14H,4,13H2,1-3H3,(H,20,23). The number of amides is 1. The summed E-state index contributed by atoms with van der Waals surface area (Å²) in [6, 6.07) is 14.5. The van der Waals surface area contributed by atoms with Gasteiger partial charge in [-0.1, -0.05) is 37.3 Å². The Labute approximate surface area is 147 Å². The Balaban J connectivity index is 2.13. The van der Waals surface area contributed by atoms with Crippen LogP contribution in [0.25, 0.3) is 0 Å². The van der Waals surface area contributed by atoms with Crippen LogP contribution < -0.4 is 10.2 Å². The summed E-state index contributed by atoms with van der Waals surface area (Å²) in [5.74, 6) is -0.0935. The quantitative estimate of drug-likeness (QED) is 0.617. The van der Waals surface area contributed by atoms with E-state index < -0.39 is 4.92 Å². The minimum absolute atomic E-state index is 0.0762. The summed E-state index contributed by atoms with van der Waals surface area (Å²) in [4.78, 5) is 24.8. The van der Waals surface area contributed by atoms with Gasteiger partial charge in [-0.15, -0.1) is 0 Å². The first-order valence-corrected chi connectivity index (χ1v) is 8.23. The normalized spacial score (nSPS) is 11.6. The van der Waals surface area contributed by atoms with E-state index in [2.05, 4.69) is 12.2 Å². The van der Waals surface area contributed by atoms with Gasteiger partial charge in [0.25, 0.3) is 11.6 Å². The summed E-state index contributed by atoms with van der Waals surface area (Å²) < 4.78 is 0. The van der Waals surface area contributed by atoms with Gasteiger partial charge in [0.1, 0.15) is 5.69 Å². The first kappa shape index (κ1) is 18.4. The Morgan fingerprint density at radius 2 is 1.88 bits per heavy atom. The molecular weight excluding hydrogens is 318 g/mol. The third kappa shape index (κ3) is 4.56. The molecule has 0 aliphatic carbocycles. The molecule has 0 aliphatic heterocycles. The van der Waals surface area contributed by atoms with Crippen molar-refractivity contribution in [2.45, 2.75) is 19.3 Å². The van der Waals surface area contributed by atoms with Crippen LogP contribution in [-0.2, 0) is 0 Å². The topological polar surface area (TPSA) is 75.5 Å². The predicted molar refractivity (Wildman–Crippen MR) is 99.2 cm³/mol. The highest BCUT2D eigenvalue weighted by atomic mass is 16.6. The number of anilines is 1. The van der Waals surface area contributed by atoms with Crippen molar-refractivity contribution in [1.29, 1.82) is 0 Å². The summed E-state index contributed by atoms with van der Waals surface area (Å²) in [5.41, 5.74) is 1.85. The first-order chi connectivity index (χ1) is 11.9. The number of rotatable bonds is 7. The van der Waals surface area contributed by atoms with Gasteiger partial charge in [0.2, 0.25) is 0 Å². The second-order valence-electron chi connectivity index (χ2n) is 6.08. The van der Waals surface area contributed by atoms with Gasteiger partial charge in [-0.05, 0) is 24.1 Å². The second kappa shape index (κ2) is 8.28. The molecule has 0 bridgehead atoms. The maximum absolute atomic E-state index is 12.4. The number of nitro benzene ring substituents is 1. The van der Waals surface area contributed by atoms with Gasteiger partial charge < -0.3 is 10.2 Å². The van der Waals surface area contributed by atoms with E-state index in [9.17, 15) is 14.9 Å². The number of nitro groups is 1. The van der Waals surface area contributed by atoms with Gasteiger partial charge in [0, 0.05) is 38.2 Å². The Morgan fingerprint density at radius 3 is 2.44 bits per heavy atom. The molecule has 0 spiro atoms. The zero-order chi connectivity index (χ0) is 18.4. The largest absolute Gasteiger partial charge is 0.372 e. The monoisotopic (exact) mass is 341 g/mol. The van der Waals surface area contributed by atoms with Crippen molar-refractivity contribution in [3.63, 3.8) is 0 Å².